The van der Waals surface area contributed by atoms with Crippen molar-refractivity contribution in [1.29, 1.82) is 0 Å². The Labute approximate surface area is 112 Å². The molecule has 0 aliphatic carbocycles. The number of hydrogen-bond acceptors (Lipinski definition) is 3. The van der Waals surface area contributed by atoms with Gasteiger partial charge in [0.05, 0.1) is 7.11 Å². The van der Waals surface area contributed by atoms with Crippen molar-refractivity contribution in [2.75, 3.05) is 31.0 Å². The van der Waals surface area contributed by atoms with E-state index in [4.69, 9.17) is 4.74 Å². The fourth-order valence-corrected chi connectivity index (χ4v) is 1.98. The summed E-state index contributed by atoms with van der Waals surface area (Å²) < 4.78 is 5.17. The van der Waals surface area contributed by atoms with Crippen LogP contribution in [0.25, 0.3) is 0 Å². The molecule has 1 rings (SSSR count). The molecule has 0 aromatic heterocycles. The lowest BCUT2D eigenvalue weighted by atomic mass is 10.2. The number of hydrogen-bond donors (Lipinski definition) is 2. The molecule has 0 unspecified atom stereocenters. The van der Waals surface area contributed by atoms with E-state index in [2.05, 4.69) is 16.9 Å². The number of urea groups is 1. The molecule has 0 saturated carbocycles. The number of thioether (sulfide) groups is 1. The average molecular weight is 268 g/mol. The van der Waals surface area contributed by atoms with Gasteiger partial charge in [-0.05, 0) is 49.1 Å². The Hall–Kier alpha value is -1.36. The monoisotopic (exact) mass is 268 g/mol. The van der Waals surface area contributed by atoms with Crippen molar-refractivity contribution in [3.8, 4) is 5.75 Å². The molecule has 0 spiro atoms. The summed E-state index contributed by atoms with van der Waals surface area (Å²) >= 11 is 1.78. The van der Waals surface area contributed by atoms with Crippen LogP contribution in [0.1, 0.15) is 12.0 Å². The predicted molar refractivity (Wildman–Crippen MR) is 77.8 cm³/mol. The summed E-state index contributed by atoms with van der Waals surface area (Å²) in [6, 6.07) is 5.40. The van der Waals surface area contributed by atoms with Crippen molar-refractivity contribution >= 4 is 23.5 Å². The van der Waals surface area contributed by atoms with Crippen molar-refractivity contribution in [2.45, 2.75) is 13.3 Å². The smallest absolute Gasteiger partial charge is 0.319 e. The van der Waals surface area contributed by atoms with Crippen LogP contribution >= 0.6 is 11.8 Å². The molecule has 0 aliphatic heterocycles. The minimum atomic E-state index is -0.166. The third kappa shape index (κ3) is 4.87. The number of carbonyl (C=O) groups is 1. The van der Waals surface area contributed by atoms with Gasteiger partial charge in [0, 0.05) is 12.2 Å². The third-order valence-corrected chi connectivity index (χ3v) is 3.16. The zero-order chi connectivity index (χ0) is 13.4. The number of rotatable bonds is 6. The molecule has 2 N–H and O–H groups in total. The maximum Gasteiger partial charge on any atom is 0.319 e. The highest BCUT2D eigenvalue weighted by molar-refractivity contribution is 7.98. The van der Waals surface area contributed by atoms with Crippen LogP contribution in [-0.2, 0) is 0 Å². The van der Waals surface area contributed by atoms with E-state index in [-0.39, 0.29) is 6.03 Å². The second-order valence-corrected chi connectivity index (χ2v) is 4.90. The summed E-state index contributed by atoms with van der Waals surface area (Å²) in [5.74, 6) is 1.88. The Bertz CT molecular complexity index is 397. The molecule has 4 nitrogen and oxygen atoms in total. The molecule has 1 aromatic carbocycles. The number of methoxy groups -OCH3 is 1. The molecule has 2 amide bonds. The number of anilines is 1. The maximum absolute atomic E-state index is 11.6. The summed E-state index contributed by atoms with van der Waals surface area (Å²) in [4.78, 5) is 11.6. The SMILES string of the molecule is COc1ccc(NC(=O)NCCCSC)cc1C. The summed E-state index contributed by atoms with van der Waals surface area (Å²) in [5, 5.41) is 5.62. The summed E-state index contributed by atoms with van der Waals surface area (Å²) in [6.07, 6.45) is 3.04. The molecule has 0 heterocycles. The summed E-state index contributed by atoms with van der Waals surface area (Å²) in [7, 11) is 1.63. The quantitative estimate of drug-likeness (QED) is 0.780. The lowest BCUT2D eigenvalue weighted by Crippen LogP contribution is -2.29. The van der Waals surface area contributed by atoms with Gasteiger partial charge in [-0.3, -0.25) is 0 Å². The van der Waals surface area contributed by atoms with E-state index in [1.807, 2.05) is 25.1 Å². The highest BCUT2D eigenvalue weighted by atomic mass is 32.2. The molecule has 18 heavy (non-hydrogen) atoms. The van der Waals surface area contributed by atoms with Crippen molar-refractivity contribution in [2.24, 2.45) is 0 Å². The van der Waals surface area contributed by atoms with Crippen molar-refractivity contribution in [3.63, 3.8) is 0 Å². The molecule has 100 valence electrons. The molecule has 0 aliphatic rings. The lowest BCUT2D eigenvalue weighted by molar-refractivity contribution is 0.252. The fourth-order valence-electron chi connectivity index (χ4n) is 1.55. The van der Waals surface area contributed by atoms with E-state index in [1.54, 1.807) is 18.9 Å². The normalized spacial score (nSPS) is 9.94. The van der Waals surface area contributed by atoms with Gasteiger partial charge in [-0.2, -0.15) is 11.8 Å². The van der Waals surface area contributed by atoms with Gasteiger partial charge < -0.3 is 15.4 Å². The van der Waals surface area contributed by atoms with Gasteiger partial charge in [-0.1, -0.05) is 0 Å². The van der Waals surface area contributed by atoms with Crippen LogP contribution in [0.4, 0.5) is 10.5 Å². The van der Waals surface area contributed by atoms with Crippen molar-refractivity contribution in [3.05, 3.63) is 23.8 Å². The van der Waals surface area contributed by atoms with Crippen LogP contribution < -0.4 is 15.4 Å². The van der Waals surface area contributed by atoms with Crippen LogP contribution in [0.2, 0.25) is 0 Å². The van der Waals surface area contributed by atoms with Crippen molar-refractivity contribution in [1.82, 2.24) is 5.32 Å². The van der Waals surface area contributed by atoms with E-state index >= 15 is 0 Å². The fraction of sp³-hybridized carbons (Fsp3) is 0.462. The molecule has 0 saturated heterocycles. The molecular formula is C13H20N2O2S. The predicted octanol–water partition coefficient (Wildman–Crippen LogP) is 2.88. The van der Waals surface area contributed by atoms with E-state index in [1.165, 1.54) is 0 Å². The molecule has 5 heteroatoms. The Morgan fingerprint density at radius 2 is 2.22 bits per heavy atom. The van der Waals surface area contributed by atoms with Gasteiger partial charge in [0.25, 0.3) is 0 Å². The number of benzene rings is 1. The number of amides is 2. The minimum absolute atomic E-state index is 0.166. The Morgan fingerprint density at radius 3 is 2.83 bits per heavy atom. The van der Waals surface area contributed by atoms with Crippen LogP contribution in [0, 0.1) is 6.92 Å². The molecule has 0 bridgehead atoms. The average Bonchev–Trinajstić information content (AvgIpc) is 2.35. The number of ether oxygens (including phenoxy) is 1. The van der Waals surface area contributed by atoms with E-state index < -0.39 is 0 Å². The second kappa shape index (κ2) is 7.87. The van der Waals surface area contributed by atoms with Crippen LogP contribution in [0.15, 0.2) is 18.2 Å². The molecule has 0 fully saturated rings. The van der Waals surface area contributed by atoms with Gasteiger partial charge in [-0.15, -0.1) is 0 Å². The van der Waals surface area contributed by atoms with Crippen LogP contribution in [-0.4, -0.2) is 31.7 Å². The Balaban J connectivity index is 2.42. The number of carbonyl (C=O) groups excluding carboxylic acids is 1. The minimum Gasteiger partial charge on any atom is -0.496 e. The van der Waals surface area contributed by atoms with Gasteiger partial charge in [0.1, 0.15) is 5.75 Å². The van der Waals surface area contributed by atoms with Gasteiger partial charge in [-0.25, -0.2) is 4.79 Å². The lowest BCUT2D eigenvalue weighted by Gasteiger charge is -2.10. The second-order valence-electron chi connectivity index (χ2n) is 3.91. The summed E-state index contributed by atoms with van der Waals surface area (Å²) in [5.41, 5.74) is 1.77. The van der Waals surface area contributed by atoms with E-state index in [9.17, 15) is 4.79 Å². The third-order valence-electron chi connectivity index (χ3n) is 2.46. The highest BCUT2D eigenvalue weighted by Crippen LogP contribution is 2.21. The van der Waals surface area contributed by atoms with Crippen LogP contribution in [0.5, 0.6) is 5.75 Å². The topological polar surface area (TPSA) is 50.4 Å². The van der Waals surface area contributed by atoms with Gasteiger partial charge in [0.15, 0.2) is 0 Å². The first kappa shape index (κ1) is 14.7. The van der Waals surface area contributed by atoms with Gasteiger partial charge >= 0.3 is 6.03 Å². The Kier molecular flexibility index (Phi) is 6.43. The molecule has 0 radical (unpaired) electrons. The zero-order valence-electron chi connectivity index (χ0n) is 11.1. The van der Waals surface area contributed by atoms with E-state index in [0.717, 1.165) is 29.2 Å². The molecule has 1 aromatic rings. The molecule has 0 atom stereocenters. The number of nitrogens with one attached hydrogen (secondary N) is 2. The van der Waals surface area contributed by atoms with Gasteiger partial charge in [0.2, 0.25) is 0 Å². The standard InChI is InChI=1S/C13H20N2O2S/c1-10-9-11(5-6-12(10)17-2)15-13(16)14-7-4-8-18-3/h5-6,9H,4,7-8H2,1-3H3,(H2,14,15,16). The first-order valence-corrected chi connectivity index (χ1v) is 7.25. The first-order valence-electron chi connectivity index (χ1n) is 5.86. The molecular weight excluding hydrogens is 248 g/mol. The highest BCUT2D eigenvalue weighted by Gasteiger charge is 2.03. The Morgan fingerprint density at radius 1 is 1.44 bits per heavy atom. The summed E-state index contributed by atoms with van der Waals surface area (Å²) in [6.45, 7) is 2.64. The van der Waals surface area contributed by atoms with Crippen LogP contribution in [0.3, 0.4) is 0 Å². The zero-order valence-corrected chi connectivity index (χ0v) is 11.9. The number of aryl methyl sites for hydroxylation is 1. The maximum atomic E-state index is 11.6. The van der Waals surface area contributed by atoms with Crippen molar-refractivity contribution < 1.29 is 9.53 Å². The largest absolute Gasteiger partial charge is 0.496 e. The first-order chi connectivity index (χ1) is 8.67. The van der Waals surface area contributed by atoms with E-state index in [0.29, 0.717) is 6.54 Å².